The third kappa shape index (κ3) is 2.36. The summed E-state index contributed by atoms with van der Waals surface area (Å²) < 4.78 is 0. The van der Waals surface area contributed by atoms with Crippen LogP contribution < -0.4 is 5.73 Å². The van der Waals surface area contributed by atoms with Crippen LogP contribution in [0.3, 0.4) is 0 Å². The molecule has 1 unspecified atom stereocenters. The Hall–Kier alpha value is -1.79. The molecule has 0 bridgehead atoms. The van der Waals surface area contributed by atoms with Crippen LogP contribution >= 0.6 is 23.6 Å². The highest BCUT2D eigenvalue weighted by Crippen LogP contribution is 2.33. The SMILES string of the molecule is NC(=S)N1N=C(c2cccs2)CC1c1ccncc1. The second-order valence-electron chi connectivity index (χ2n) is 4.21. The fraction of sp³-hybridized carbons (Fsp3) is 0.154. The molecule has 0 aliphatic carbocycles. The van der Waals surface area contributed by atoms with Gasteiger partial charge in [0, 0.05) is 18.8 Å². The standard InChI is InChI=1S/C13H12N4S2/c14-13(18)17-11(9-3-5-15-6-4-9)8-10(16-17)12-2-1-7-19-12/h1-7,11H,8H2,(H2,14,18). The molecule has 2 N–H and O–H groups in total. The molecule has 0 saturated heterocycles. The smallest absolute Gasteiger partial charge is 0.187 e. The molecule has 1 atom stereocenters. The van der Waals surface area contributed by atoms with Gasteiger partial charge in [0.25, 0.3) is 0 Å². The van der Waals surface area contributed by atoms with E-state index in [0.29, 0.717) is 5.11 Å². The largest absolute Gasteiger partial charge is 0.375 e. The number of hydrogen-bond acceptors (Lipinski definition) is 4. The molecule has 4 nitrogen and oxygen atoms in total. The third-order valence-electron chi connectivity index (χ3n) is 3.03. The highest BCUT2D eigenvalue weighted by molar-refractivity contribution is 7.80. The Balaban J connectivity index is 1.94. The molecule has 0 fully saturated rings. The average molecular weight is 288 g/mol. The number of nitrogens with two attached hydrogens (primary N) is 1. The normalized spacial score (nSPS) is 18.4. The van der Waals surface area contributed by atoms with Crippen molar-refractivity contribution in [2.75, 3.05) is 0 Å². The van der Waals surface area contributed by atoms with Crippen LogP contribution in [-0.4, -0.2) is 20.8 Å². The van der Waals surface area contributed by atoms with Crippen LogP contribution in [0.1, 0.15) is 22.9 Å². The Kier molecular flexibility index (Phi) is 3.27. The van der Waals surface area contributed by atoms with Gasteiger partial charge in [-0.1, -0.05) is 6.07 Å². The average Bonchev–Trinajstić information content (AvgIpc) is 3.08. The van der Waals surface area contributed by atoms with Crippen molar-refractivity contribution in [2.24, 2.45) is 10.8 Å². The molecule has 2 aromatic heterocycles. The molecular weight excluding hydrogens is 276 g/mol. The van der Waals surface area contributed by atoms with E-state index in [1.807, 2.05) is 23.6 Å². The van der Waals surface area contributed by atoms with Crippen LogP contribution in [0.15, 0.2) is 47.1 Å². The zero-order chi connectivity index (χ0) is 13.2. The van der Waals surface area contributed by atoms with Crippen LogP contribution in [0, 0.1) is 0 Å². The van der Waals surface area contributed by atoms with Crippen LogP contribution in [0.25, 0.3) is 0 Å². The van der Waals surface area contributed by atoms with E-state index in [4.69, 9.17) is 18.0 Å². The number of pyridine rings is 1. The Bertz CT molecular complexity index is 607. The highest BCUT2D eigenvalue weighted by Gasteiger charge is 2.30. The maximum Gasteiger partial charge on any atom is 0.187 e. The minimum absolute atomic E-state index is 0.0672. The summed E-state index contributed by atoms with van der Waals surface area (Å²) in [4.78, 5) is 5.20. The Morgan fingerprint density at radius 1 is 1.37 bits per heavy atom. The number of nitrogens with zero attached hydrogens (tertiary/aromatic N) is 3. The van der Waals surface area contributed by atoms with Crippen molar-refractivity contribution >= 4 is 34.4 Å². The van der Waals surface area contributed by atoms with E-state index in [1.54, 1.807) is 28.7 Å². The molecule has 3 rings (SSSR count). The molecule has 1 aliphatic rings. The van der Waals surface area contributed by atoms with Gasteiger partial charge in [-0.2, -0.15) is 5.10 Å². The van der Waals surface area contributed by atoms with Gasteiger partial charge in [-0.05, 0) is 41.4 Å². The van der Waals surface area contributed by atoms with Crippen molar-refractivity contribution in [1.82, 2.24) is 9.99 Å². The Morgan fingerprint density at radius 3 is 2.79 bits per heavy atom. The van der Waals surface area contributed by atoms with Gasteiger partial charge < -0.3 is 5.73 Å². The summed E-state index contributed by atoms with van der Waals surface area (Å²) in [5.74, 6) is 0. The van der Waals surface area contributed by atoms with Gasteiger partial charge >= 0.3 is 0 Å². The molecule has 0 radical (unpaired) electrons. The Morgan fingerprint density at radius 2 is 2.16 bits per heavy atom. The molecule has 1 aliphatic heterocycles. The van der Waals surface area contributed by atoms with Crippen LogP contribution in [0.2, 0.25) is 0 Å². The van der Waals surface area contributed by atoms with E-state index in [2.05, 4.69) is 16.2 Å². The van der Waals surface area contributed by atoms with Gasteiger partial charge in [0.1, 0.15) is 0 Å². The van der Waals surface area contributed by atoms with Gasteiger partial charge in [-0.15, -0.1) is 11.3 Å². The lowest BCUT2D eigenvalue weighted by Crippen LogP contribution is -2.31. The molecule has 96 valence electrons. The number of thiocarbonyl (C=S) groups is 1. The third-order valence-corrected chi connectivity index (χ3v) is 4.14. The van der Waals surface area contributed by atoms with E-state index in [-0.39, 0.29) is 6.04 Å². The number of rotatable bonds is 2. The first-order valence-electron chi connectivity index (χ1n) is 5.85. The van der Waals surface area contributed by atoms with Gasteiger partial charge in [0.15, 0.2) is 5.11 Å². The Labute approximate surface area is 120 Å². The summed E-state index contributed by atoms with van der Waals surface area (Å²) in [5.41, 5.74) is 7.93. The zero-order valence-corrected chi connectivity index (χ0v) is 11.7. The summed E-state index contributed by atoms with van der Waals surface area (Å²) in [7, 11) is 0. The highest BCUT2D eigenvalue weighted by atomic mass is 32.1. The van der Waals surface area contributed by atoms with Crippen LogP contribution in [-0.2, 0) is 0 Å². The number of hydrogen-bond donors (Lipinski definition) is 1. The molecule has 19 heavy (non-hydrogen) atoms. The molecular formula is C13H12N4S2. The fourth-order valence-corrected chi connectivity index (χ4v) is 3.04. The number of aromatic nitrogens is 1. The van der Waals surface area contributed by atoms with E-state index >= 15 is 0 Å². The first kappa shape index (κ1) is 12.3. The second kappa shape index (κ2) is 5.07. The molecule has 3 heterocycles. The maximum absolute atomic E-state index is 5.78. The summed E-state index contributed by atoms with van der Waals surface area (Å²) in [6.45, 7) is 0. The summed E-state index contributed by atoms with van der Waals surface area (Å²) in [6.07, 6.45) is 4.36. The summed E-state index contributed by atoms with van der Waals surface area (Å²) >= 11 is 6.78. The van der Waals surface area contributed by atoms with Crippen molar-refractivity contribution in [2.45, 2.75) is 12.5 Å². The quantitative estimate of drug-likeness (QED) is 0.863. The molecule has 0 spiro atoms. The lowest BCUT2D eigenvalue weighted by molar-refractivity contribution is 0.372. The van der Waals surface area contributed by atoms with Crippen molar-refractivity contribution in [3.05, 3.63) is 52.5 Å². The van der Waals surface area contributed by atoms with Crippen molar-refractivity contribution in [3.8, 4) is 0 Å². The first-order chi connectivity index (χ1) is 9.25. The fourth-order valence-electron chi connectivity index (χ4n) is 2.15. The van der Waals surface area contributed by atoms with Gasteiger partial charge in [0.2, 0.25) is 0 Å². The predicted octanol–water partition coefficient (Wildman–Crippen LogP) is 2.54. The van der Waals surface area contributed by atoms with Crippen LogP contribution in [0.5, 0.6) is 0 Å². The molecule has 6 heteroatoms. The monoisotopic (exact) mass is 288 g/mol. The molecule has 2 aromatic rings. The van der Waals surface area contributed by atoms with Gasteiger partial charge in [-0.25, -0.2) is 5.01 Å². The first-order valence-corrected chi connectivity index (χ1v) is 7.14. The summed E-state index contributed by atoms with van der Waals surface area (Å²) in [5, 5.41) is 8.63. The molecule has 0 saturated carbocycles. The molecule has 0 aromatic carbocycles. The van der Waals surface area contributed by atoms with Crippen molar-refractivity contribution in [3.63, 3.8) is 0 Å². The topological polar surface area (TPSA) is 54.5 Å². The van der Waals surface area contributed by atoms with E-state index < -0.39 is 0 Å². The second-order valence-corrected chi connectivity index (χ2v) is 5.57. The van der Waals surface area contributed by atoms with Crippen molar-refractivity contribution < 1.29 is 0 Å². The molecule has 0 amide bonds. The lowest BCUT2D eigenvalue weighted by atomic mass is 10.0. The zero-order valence-electron chi connectivity index (χ0n) is 10.1. The van der Waals surface area contributed by atoms with E-state index in [1.165, 1.54) is 0 Å². The minimum atomic E-state index is 0.0672. The van der Waals surface area contributed by atoms with E-state index in [0.717, 1.165) is 22.6 Å². The van der Waals surface area contributed by atoms with Gasteiger partial charge in [0.05, 0.1) is 16.6 Å². The number of hydrazone groups is 1. The summed E-state index contributed by atoms with van der Waals surface area (Å²) in [6, 6.07) is 8.10. The van der Waals surface area contributed by atoms with Crippen molar-refractivity contribution in [1.29, 1.82) is 0 Å². The van der Waals surface area contributed by atoms with E-state index in [9.17, 15) is 0 Å². The lowest BCUT2D eigenvalue weighted by Gasteiger charge is -2.21. The minimum Gasteiger partial charge on any atom is -0.375 e. The number of thiophene rings is 1. The maximum atomic E-state index is 5.78. The van der Waals surface area contributed by atoms with Gasteiger partial charge in [-0.3, -0.25) is 4.98 Å². The van der Waals surface area contributed by atoms with Crippen LogP contribution in [0.4, 0.5) is 0 Å². The predicted molar refractivity (Wildman–Crippen MR) is 81.1 cm³/mol.